The number of aromatic amines is 1. The standard InChI is InChI=1S/C22H15F3N2O2/c23-15-9-7-13(8-10-15)18(12-27(28)29)20-17-5-2-6-19(25)22(17)26-21(20)14-3-1-4-16(24)11-14/h1-11,18,26H,12H2. The third kappa shape index (κ3) is 3.59. The number of nitro groups is 1. The molecule has 0 aliphatic rings. The molecule has 0 fully saturated rings. The third-order valence-corrected chi connectivity index (χ3v) is 4.89. The molecule has 0 bridgehead atoms. The van der Waals surface area contributed by atoms with Crippen molar-refractivity contribution < 1.29 is 18.1 Å². The van der Waals surface area contributed by atoms with Crippen molar-refractivity contribution in [3.63, 3.8) is 0 Å². The molecule has 7 heteroatoms. The fourth-order valence-corrected chi connectivity index (χ4v) is 3.64. The quantitative estimate of drug-likeness (QED) is 0.349. The van der Waals surface area contributed by atoms with Gasteiger partial charge in [-0.25, -0.2) is 13.2 Å². The summed E-state index contributed by atoms with van der Waals surface area (Å²) in [7, 11) is 0. The minimum absolute atomic E-state index is 0.178. The van der Waals surface area contributed by atoms with Crippen molar-refractivity contribution in [1.82, 2.24) is 4.98 Å². The molecular weight excluding hydrogens is 381 g/mol. The number of hydrogen-bond donors (Lipinski definition) is 1. The van der Waals surface area contributed by atoms with Crippen molar-refractivity contribution in [3.8, 4) is 11.3 Å². The number of fused-ring (bicyclic) bond motifs is 1. The first-order valence-electron chi connectivity index (χ1n) is 8.87. The van der Waals surface area contributed by atoms with E-state index in [-0.39, 0.29) is 5.52 Å². The summed E-state index contributed by atoms with van der Waals surface area (Å²) in [5.41, 5.74) is 1.98. The van der Waals surface area contributed by atoms with E-state index >= 15 is 0 Å². The number of rotatable bonds is 5. The number of benzene rings is 3. The highest BCUT2D eigenvalue weighted by atomic mass is 19.1. The lowest BCUT2D eigenvalue weighted by Gasteiger charge is -2.16. The highest BCUT2D eigenvalue weighted by Gasteiger charge is 2.28. The second-order valence-electron chi connectivity index (χ2n) is 6.71. The Kier molecular flexibility index (Phi) is 4.80. The van der Waals surface area contributed by atoms with Crippen molar-refractivity contribution in [2.45, 2.75) is 5.92 Å². The van der Waals surface area contributed by atoms with Crippen LogP contribution in [0.25, 0.3) is 22.2 Å². The first kappa shape index (κ1) is 18.7. The second kappa shape index (κ2) is 7.43. The molecule has 4 nitrogen and oxygen atoms in total. The zero-order chi connectivity index (χ0) is 20.5. The molecule has 3 aromatic carbocycles. The predicted octanol–water partition coefficient (Wildman–Crippen LogP) is 5.66. The van der Waals surface area contributed by atoms with Gasteiger partial charge in [-0.2, -0.15) is 0 Å². The predicted molar refractivity (Wildman–Crippen MR) is 104 cm³/mol. The van der Waals surface area contributed by atoms with Crippen LogP contribution in [0.4, 0.5) is 13.2 Å². The number of nitrogens with one attached hydrogen (secondary N) is 1. The molecule has 0 saturated carbocycles. The lowest BCUT2D eigenvalue weighted by molar-refractivity contribution is -0.481. The van der Waals surface area contributed by atoms with Gasteiger partial charge in [-0.05, 0) is 41.5 Å². The van der Waals surface area contributed by atoms with E-state index < -0.39 is 34.8 Å². The topological polar surface area (TPSA) is 58.9 Å². The molecular formula is C22H15F3N2O2. The van der Waals surface area contributed by atoms with Crippen LogP contribution in [0.3, 0.4) is 0 Å². The minimum Gasteiger partial charge on any atom is -0.352 e. The van der Waals surface area contributed by atoms with Gasteiger partial charge in [0.15, 0.2) is 0 Å². The molecule has 0 radical (unpaired) electrons. The van der Waals surface area contributed by atoms with Crippen LogP contribution < -0.4 is 0 Å². The van der Waals surface area contributed by atoms with Gasteiger partial charge in [-0.3, -0.25) is 10.1 Å². The van der Waals surface area contributed by atoms with E-state index in [4.69, 9.17) is 0 Å². The van der Waals surface area contributed by atoms with E-state index in [0.29, 0.717) is 27.8 Å². The SMILES string of the molecule is O=[N+]([O-])CC(c1ccc(F)cc1)c1c(-c2cccc(F)c2)[nH]c2c(F)cccc12. The molecule has 4 rings (SSSR count). The fraction of sp³-hybridized carbons (Fsp3) is 0.0909. The van der Waals surface area contributed by atoms with Crippen molar-refractivity contribution in [3.05, 3.63) is 105 Å². The van der Waals surface area contributed by atoms with E-state index in [1.807, 2.05) is 0 Å². The summed E-state index contributed by atoms with van der Waals surface area (Å²) in [6.07, 6.45) is 0. The van der Waals surface area contributed by atoms with Gasteiger partial charge in [0.25, 0.3) is 0 Å². The lowest BCUT2D eigenvalue weighted by Crippen LogP contribution is -2.14. The van der Waals surface area contributed by atoms with Gasteiger partial charge >= 0.3 is 0 Å². The Morgan fingerprint density at radius 1 is 0.931 bits per heavy atom. The Morgan fingerprint density at radius 2 is 1.66 bits per heavy atom. The molecule has 0 amide bonds. The highest BCUT2D eigenvalue weighted by molar-refractivity contribution is 5.92. The highest BCUT2D eigenvalue weighted by Crippen LogP contribution is 2.39. The first-order chi connectivity index (χ1) is 13.9. The van der Waals surface area contributed by atoms with Crippen LogP contribution in [0.5, 0.6) is 0 Å². The third-order valence-electron chi connectivity index (χ3n) is 4.89. The summed E-state index contributed by atoms with van der Waals surface area (Å²) in [4.78, 5) is 13.9. The monoisotopic (exact) mass is 396 g/mol. The van der Waals surface area contributed by atoms with Crippen molar-refractivity contribution >= 4 is 10.9 Å². The van der Waals surface area contributed by atoms with Crippen molar-refractivity contribution in [1.29, 1.82) is 0 Å². The smallest absolute Gasteiger partial charge is 0.214 e. The minimum atomic E-state index is -0.792. The molecule has 1 unspecified atom stereocenters. The Hall–Kier alpha value is -3.61. The van der Waals surface area contributed by atoms with Crippen LogP contribution in [-0.2, 0) is 0 Å². The number of nitrogens with zero attached hydrogens (tertiary/aromatic N) is 1. The van der Waals surface area contributed by atoms with Crippen LogP contribution >= 0.6 is 0 Å². The van der Waals surface area contributed by atoms with Crippen molar-refractivity contribution in [2.75, 3.05) is 6.54 Å². The van der Waals surface area contributed by atoms with Gasteiger partial charge in [0, 0.05) is 15.9 Å². The molecule has 1 heterocycles. The van der Waals surface area contributed by atoms with Gasteiger partial charge < -0.3 is 4.98 Å². The fourth-order valence-electron chi connectivity index (χ4n) is 3.64. The van der Waals surface area contributed by atoms with Crippen LogP contribution in [0, 0.1) is 27.6 Å². The zero-order valence-corrected chi connectivity index (χ0v) is 15.0. The van der Waals surface area contributed by atoms with Crippen LogP contribution in [0.2, 0.25) is 0 Å². The molecule has 29 heavy (non-hydrogen) atoms. The summed E-state index contributed by atoms with van der Waals surface area (Å²) >= 11 is 0. The van der Waals surface area contributed by atoms with Gasteiger partial charge in [0.05, 0.1) is 17.1 Å². The number of H-pyrrole nitrogens is 1. The Labute approximate surface area is 163 Å². The Morgan fingerprint density at radius 3 is 2.34 bits per heavy atom. The number of para-hydroxylation sites is 1. The van der Waals surface area contributed by atoms with Crippen molar-refractivity contribution in [2.24, 2.45) is 0 Å². The number of aromatic nitrogens is 1. The van der Waals surface area contributed by atoms with Crippen LogP contribution in [0.1, 0.15) is 17.0 Å². The summed E-state index contributed by atoms with van der Waals surface area (Å²) in [6.45, 7) is -0.489. The maximum atomic E-state index is 14.5. The maximum Gasteiger partial charge on any atom is 0.214 e. The van der Waals surface area contributed by atoms with E-state index in [0.717, 1.165) is 0 Å². The number of halogens is 3. The van der Waals surface area contributed by atoms with Gasteiger partial charge in [-0.1, -0.05) is 36.4 Å². The Bertz CT molecular complexity index is 1200. The summed E-state index contributed by atoms with van der Waals surface area (Å²) < 4.78 is 41.7. The average molecular weight is 396 g/mol. The molecule has 146 valence electrons. The normalized spacial score (nSPS) is 12.2. The second-order valence-corrected chi connectivity index (χ2v) is 6.71. The first-order valence-corrected chi connectivity index (χ1v) is 8.87. The van der Waals surface area contributed by atoms with Crippen LogP contribution in [0.15, 0.2) is 66.7 Å². The molecule has 0 aliphatic heterocycles. The summed E-state index contributed by atoms with van der Waals surface area (Å²) in [6, 6.07) is 15.5. The largest absolute Gasteiger partial charge is 0.352 e. The average Bonchev–Trinajstić information content (AvgIpc) is 3.07. The van der Waals surface area contributed by atoms with E-state index in [1.165, 1.54) is 54.6 Å². The molecule has 1 atom stereocenters. The summed E-state index contributed by atoms with van der Waals surface area (Å²) in [5.74, 6) is -2.27. The van der Waals surface area contributed by atoms with E-state index in [9.17, 15) is 23.3 Å². The van der Waals surface area contributed by atoms with E-state index in [2.05, 4.69) is 4.98 Å². The molecule has 1 N–H and O–H groups in total. The molecule has 0 spiro atoms. The van der Waals surface area contributed by atoms with Gasteiger partial charge in [0.1, 0.15) is 17.5 Å². The van der Waals surface area contributed by atoms with Crippen LogP contribution in [-0.4, -0.2) is 16.5 Å². The summed E-state index contributed by atoms with van der Waals surface area (Å²) in [5, 5.41) is 11.9. The molecule has 0 aliphatic carbocycles. The maximum absolute atomic E-state index is 14.5. The van der Waals surface area contributed by atoms with Gasteiger partial charge in [-0.15, -0.1) is 0 Å². The number of hydrogen-bond acceptors (Lipinski definition) is 2. The lowest BCUT2D eigenvalue weighted by atomic mass is 9.87. The molecule has 0 saturated heterocycles. The molecule has 4 aromatic rings. The Balaban J connectivity index is 2.03. The van der Waals surface area contributed by atoms with Gasteiger partial charge in [0.2, 0.25) is 6.54 Å². The van der Waals surface area contributed by atoms with E-state index in [1.54, 1.807) is 12.1 Å². The molecule has 1 aromatic heterocycles. The zero-order valence-electron chi connectivity index (χ0n) is 15.0.